The van der Waals surface area contributed by atoms with Crippen molar-refractivity contribution in [2.75, 3.05) is 0 Å². The van der Waals surface area contributed by atoms with E-state index in [2.05, 4.69) is 48.5 Å². The maximum Gasteiger partial charge on any atom is 0.135 e. The molecule has 142 valence electrons. The van der Waals surface area contributed by atoms with Crippen LogP contribution in [0.4, 0.5) is 0 Å². The lowest BCUT2D eigenvalue weighted by Crippen LogP contribution is -1.91. The van der Waals surface area contributed by atoms with Gasteiger partial charge in [0.25, 0.3) is 0 Å². The largest absolute Gasteiger partial charge is 0.457 e. The summed E-state index contributed by atoms with van der Waals surface area (Å²) in [5, 5.41) is 7.01. The minimum atomic E-state index is 0.834. The number of hydrogen-bond acceptors (Lipinski definition) is 2. The first-order valence-electron chi connectivity index (χ1n) is 10.0. The van der Waals surface area contributed by atoms with Gasteiger partial charge in [-0.3, -0.25) is 0 Å². The normalized spacial score (nSPS) is 11.3. The van der Waals surface area contributed by atoms with Crippen LogP contribution < -0.4 is 9.47 Å². The lowest BCUT2D eigenvalue weighted by Gasteiger charge is -2.16. The Balaban J connectivity index is 1.57. The van der Waals surface area contributed by atoms with Gasteiger partial charge in [-0.25, -0.2) is 0 Å². The molecule has 0 radical (unpaired) electrons. The summed E-state index contributed by atoms with van der Waals surface area (Å²) in [5.41, 5.74) is 0. The van der Waals surface area contributed by atoms with E-state index >= 15 is 0 Å². The average Bonchev–Trinajstić information content (AvgIpc) is 2.81. The van der Waals surface area contributed by atoms with Crippen LogP contribution in [0.5, 0.6) is 23.0 Å². The average molecular weight is 386 g/mol. The van der Waals surface area contributed by atoms with Crippen LogP contribution in [-0.4, -0.2) is 0 Å². The highest BCUT2D eigenvalue weighted by molar-refractivity contribution is 6.25. The Hall–Kier alpha value is -4.04. The molecular formula is C28H18O2. The van der Waals surface area contributed by atoms with Crippen LogP contribution in [0.2, 0.25) is 0 Å². The minimum Gasteiger partial charge on any atom is -0.457 e. The van der Waals surface area contributed by atoms with E-state index in [0.29, 0.717) is 0 Å². The van der Waals surface area contributed by atoms with Crippen LogP contribution in [0, 0.1) is 0 Å². The zero-order valence-electron chi connectivity index (χ0n) is 16.2. The number of para-hydroxylation sites is 2. The Morgan fingerprint density at radius 3 is 1.20 bits per heavy atom. The highest BCUT2D eigenvalue weighted by Gasteiger charge is 2.15. The van der Waals surface area contributed by atoms with Gasteiger partial charge in [0.2, 0.25) is 0 Å². The van der Waals surface area contributed by atoms with Crippen LogP contribution in [-0.2, 0) is 0 Å². The van der Waals surface area contributed by atoms with Gasteiger partial charge in [-0.2, -0.15) is 0 Å². The van der Waals surface area contributed by atoms with E-state index in [0.717, 1.165) is 33.8 Å². The lowest BCUT2D eigenvalue weighted by atomic mass is 9.93. The van der Waals surface area contributed by atoms with Gasteiger partial charge < -0.3 is 9.47 Å². The Kier molecular flexibility index (Phi) is 3.82. The minimum absolute atomic E-state index is 0.834. The highest BCUT2D eigenvalue weighted by atomic mass is 16.5. The molecule has 0 N–H and O–H groups in total. The predicted molar refractivity (Wildman–Crippen MR) is 123 cm³/mol. The van der Waals surface area contributed by atoms with E-state index < -0.39 is 0 Å². The molecule has 0 aliphatic carbocycles. The molecule has 0 aliphatic heterocycles. The molecule has 2 nitrogen and oxygen atoms in total. The third kappa shape index (κ3) is 2.73. The summed E-state index contributed by atoms with van der Waals surface area (Å²) < 4.78 is 12.5. The van der Waals surface area contributed by atoms with Gasteiger partial charge in [0.1, 0.15) is 23.0 Å². The summed E-state index contributed by atoms with van der Waals surface area (Å²) in [7, 11) is 0. The molecule has 0 bridgehead atoms. The van der Waals surface area contributed by atoms with Gasteiger partial charge >= 0.3 is 0 Å². The topological polar surface area (TPSA) is 18.5 Å². The molecule has 0 fully saturated rings. The highest BCUT2D eigenvalue weighted by Crippen LogP contribution is 2.43. The Labute approximate surface area is 174 Å². The number of ether oxygens (including phenoxy) is 2. The Morgan fingerprint density at radius 2 is 0.767 bits per heavy atom. The van der Waals surface area contributed by atoms with Gasteiger partial charge in [0, 0.05) is 21.5 Å². The van der Waals surface area contributed by atoms with E-state index in [9.17, 15) is 0 Å². The van der Waals surface area contributed by atoms with Crippen molar-refractivity contribution < 1.29 is 9.47 Å². The molecule has 0 amide bonds. The molecule has 6 rings (SSSR count). The second kappa shape index (κ2) is 6.78. The third-order valence-corrected chi connectivity index (χ3v) is 5.53. The smallest absolute Gasteiger partial charge is 0.135 e. The molecule has 0 saturated heterocycles. The number of rotatable bonds is 4. The first-order valence-corrected chi connectivity index (χ1v) is 10.0. The predicted octanol–water partition coefficient (Wildman–Crippen LogP) is 8.17. The van der Waals surface area contributed by atoms with Gasteiger partial charge in [0.15, 0.2) is 0 Å². The lowest BCUT2D eigenvalue weighted by molar-refractivity contribution is 0.488. The zero-order chi connectivity index (χ0) is 19.9. The molecular weight excluding hydrogens is 368 g/mol. The maximum atomic E-state index is 6.23. The van der Waals surface area contributed by atoms with E-state index in [4.69, 9.17) is 9.47 Å². The van der Waals surface area contributed by atoms with Crippen molar-refractivity contribution in [2.24, 2.45) is 0 Å². The van der Waals surface area contributed by atoms with E-state index in [1.165, 1.54) is 21.5 Å². The molecule has 0 spiro atoms. The molecule has 0 heterocycles. The van der Waals surface area contributed by atoms with Crippen molar-refractivity contribution in [1.82, 2.24) is 0 Å². The fraction of sp³-hybridized carbons (Fsp3) is 0. The zero-order valence-corrected chi connectivity index (χ0v) is 16.2. The number of hydrogen-bond donors (Lipinski definition) is 0. The van der Waals surface area contributed by atoms with Crippen molar-refractivity contribution in [1.29, 1.82) is 0 Å². The van der Waals surface area contributed by atoms with Crippen molar-refractivity contribution in [2.45, 2.75) is 0 Å². The standard InChI is InChI=1S/C28H18O2/c1-3-7-21(8-4-1)29-25-17-13-19-12-16-24-26(30-22-9-5-2-6-10-22)18-14-20-11-15-23(25)27(19)28(20)24/h1-18H. The molecule has 0 atom stereocenters. The molecule has 6 aromatic carbocycles. The van der Waals surface area contributed by atoms with Crippen LogP contribution in [0.3, 0.4) is 0 Å². The van der Waals surface area contributed by atoms with Gasteiger partial charge in [0.05, 0.1) is 0 Å². The summed E-state index contributed by atoms with van der Waals surface area (Å²) in [5.74, 6) is 3.39. The van der Waals surface area contributed by atoms with Gasteiger partial charge in [-0.15, -0.1) is 0 Å². The van der Waals surface area contributed by atoms with Crippen LogP contribution in [0.1, 0.15) is 0 Å². The Morgan fingerprint density at radius 1 is 0.367 bits per heavy atom. The Bertz CT molecular complexity index is 1360. The van der Waals surface area contributed by atoms with E-state index in [1.54, 1.807) is 0 Å². The molecule has 30 heavy (non-hydrogen) atoms. The van der Waals surface area contributed by atoms with Crippen molar-refractivity contribution in [3.8, 4) is 23.0 Å². The maximum absolute atomic E-state index is 6.23. The summed E-state index contributed by atoms with van der Waals surface area (Å²) in [4.78, 5) is 0. The van der Waals surface area contributed by atoms with Crippen LogP contribution >= 0.6 is 0 Å². The fourth-order valence-electron chi connectivity index (χ4n) is 4.16. The van der Waals surface area contributed by atoms with Crippen LogP contribution in [0.25, 0.3) is 32.3 Å². The van der Waals surface area contributed by atoms with Crippen molar-refractivity contribution >= 4 is 32.3 Å². The monoisotopic (exact) mass is 386 g/mol. The first kappa shape index (κ1) is 16.9. The van der Waals surface area contributed by atoms with Crippen molar-refractivity contribution in [3.05, 3.63) is 109 Å². The second-order valence-electron chi connectivity index (χ2n) is 7.38. The second-order valence-corrected chi connectivity index (χ2v) is 7.38. The molecule has 6 aromatic rings. The summed E-state index contributed by atoms with van der Waals surface area (Å²) in [6.07, 6.45) is 0. The van der Waals surface area contributed by atoms with Gasteiger partial charge in [-0.1, -0.05) is 60.7 Å². The third-order valence-electron chi connectivity index (χ3n) is 5.53. The molecule has 0 unspecified atom stereocenters. The summed E-state index contributed by atoms with van der Waals surface area (Å²) >= 11 is 0. The molecule has 2 heteroatoms. The summed E-state index contributed by atoms with van der Waals surface area (Å²) in [6, 6.07) is 36.8. The van der Waals surface area contributed by atoms with Crippen molar-refractivity contribution in [3.63, 3.8) is 0 Å². The SMILES string of the molecule is c1ccc(Oc2ccc3ccc4c(Oc5ccccc5)ccc5ccc2c3c54)cc1. The summed E-state index contributed by atoms with van der Waals surface area (Å²) in [6.45, 7) is 0. The van der Waals surface area contributed by atoms with Gasteiger partial charge in [-0.05, 0) is 59.3 Å². The van der Waals surface area contributed by atoms with E-state index in [1.807, 2.05) is 60.7 Å². The quantitative estimate of drug-likeness (QED) is 0.284. The van der Waals surface area contributed by atoms with Crippen LogP contribution in [0.15, 0.2) is 109 Å². The number of benzene rings is 6. The first-order chi connectivity index (χ1) is 14.9. The van der Waals surface area contributed by atoms with E-state index in [-0.39, 0.29) is 0 Å². The fourth-order valence-corrected chi connectivity index (χ4v) is 4.16. The molecule has 0 aliphatic rings. The molecule has 0 aromatic heterocycles. The molecule has 0 saturated carbocycles.